The number of halogens is 4. The number of hydrogen-bond acceptors (Lipinski definition) is 5. The van der Waals surface area contributed by atoms with Crippen LogP contribution in [-0.2, 0) is 6.18 Å². The van der Waals surface area contributed by atoms with Crippen molar-refractivity contribution in [1.82, 2.24) is 24.9 Å². The second kappa shape index (κ2) is 5.51. The zero-order chi connectivity index (χ0) is 17.8. The molecule has 6 nitrogen and oxygen atoms in total. The monoisotopic (exact) mass is 354 g/mol. The maximum Gasteiger partial charge on any atom is 0.419 e. The van der Waals surface area contributed by atoms with Gasteiger partial charge in [0.2, 0.25) is 5.95 Å². The van der Waals surface area contributed by atoms with E-state index in [1.54, 1.807) is 6.92 Å². The minimum atomic E-state index is -4.79. The summed E-state index contributed by atoms with van der Waals surface area (Å²) < 4.78 is 54.5. The lowest BCUT2D eigenvalue weighted by atomic mass is 10.1. The summed E-state index contributed by atoms with van der Waals surface area (Å²) in [5.41, 5.74) is -0.995. The van der Waals surface area contributed by atoms with E-state index >= 15 is 0 Å². The highest BCUT2D eigenvalue weighted by molar-refractivity contribution is 5.93. The number of piperazine rings is 1. The van der Waals surface area contributed by atoms with Crippen LogP contribution in [0.3, 0.4) is 0 Å². The van der Waals surface area contributed by atoms with Gasteiger partial charge in [-0.2, -0.15) is 17.7 Å². The zero-order valence-electron chi connectivity index (χ0n) is 13.2. The Hall–Kier alpha value is -2.49. The van der Waals surface area contributed by atoms with E-state index in [1.807, 2.05) is 4.90 Å². The third-order valence-electron chi connectivity index (χ3n) is 4.15. The summed E-state index contributed by atoms with van der Waals surface area (Å²) in [5.74, 6) is -0.505. The molecule has 3 aromatic rings. The fourth-order valence-corrected chi connectivity index (χ4v) is 3.00. The van der Waals surface area contributed by atoms with Crippen LogP contribution in [0.2, 0.25) is 0 Å². The highest BCUT2D eigenvalue weighted by Crippen LogP contribution is 2.35. The molecule has 0 bridgehead atoms. The molecule has 1 saturated heterocycles. The van der Waals surface area contributed by atoms with Gasteiger partial charge in [-0.3, -0.25) is 0 Å². The number of hydrogen-bond donors (Lipinski definition) is 1. The fourth-order valence-electron chi connectivity index (χ4n) is 3.00. The number of fused-ring (bicyclic) bond motifs is 3. The molecule has 0 saturated carbocycles. The first-order chi connectivity index (χ1) is 11.8. The molecule has 0 amide bonds. The number of nitrogens with one attached hydrogen (secondary N) is 1. The number of aromatic nitrogens is 4. The smallest absolute Gasteiger partial charge is 0.338 e. The van der Waals surface area contributed by atoms with Crippen molar-refractivity contribution in [3.63, 3.8) is 0 Å². The summed E-state index contributed by atoms with van der Waals surface area (Å²) >= 11 is 0. The van der Waals surface area contributed by atoms with Gasteiger partial charge in [-0.05, 0) is 19.1 Å². The van der Waals surface area contributed by atoms with Gasteiger partial charge in [0.05, 0.1) is 11.1 Å². The molecular weight excluding hydrogens is 340 g/mol. The Morgan fingerprint density at radius 2 is 1.84 bits per heavy atom. The third-order valence-corrected chi connectivity index (χ3v) is 4.15. The Labute approximate surface area is 139 Å². The van der Waals surface area contributed by atoms with Crippen molar-refractivity contribution < 1.29 is 17.6 Å². The minimum absolute atomic E-state index is 0.0437. The molecule has 10 heteroatoms. The Kier molecular flexibility index (Phi) is 3.53. The van der Waals surface area contributed by atoms with Crippen LogP contribution in [0, 0.1) is 12.7 Å². The number of aryl methyl sites for hydroxylation is 1. The van der Waals surface area contributed by atoms with Crippen molar-refractivity contribution in [2.24, 2.45) is 0 Å². The molecular formula is C15H14F4N6. The summed E-state index contributed by atoms with van der Waals surface area (Å²) in [4.78, 5) is 10.5. The van der Waals surface area contributed by atoms with E-state index in [0.717, 1.165) is 25.2 Å². The van der Waals surface area contributed by atoms with Crippen molar-refractivity contribution in [1.29, 1.82) is 0 Å². The molecule has 0 spiro atoms. The first-order valence-electron chi connectivity index (χ1n) is 7.74. The van der Waals surface area contributed by atoms with E-state index in [9.17, 15) is 17.6 Å². The lowest BCUT2D eigenvalue weighted by molar-refractivity contribution is -0.139. The third kappa shape index (κ3) is 2.66. The number of alkyl halides is 3. The van der Waals surface area contributed by atoms with Crippen molar-refractivity contribution >= 4 is 22.5 Å². The molecule has 2 aromatic heterocycles. The molecule has 4 rings (SSSR count). The lowest BCUT2D eigenvalue weighted by Crippen LogP contribution is -2.44. The summed E-state index contributed by atoms with van der Waals surface area (Å²) in [7, 11) is 0. The predicted octanol–water partition coefficient (Wildman–Crippen LogP) is 2.15. The number of benzene rings is 1. The molecule has 0 aliphatic carbocycles. The van der Waals surface area contributed by atoms with Gasteiger partial charge < -0.3 is 10.2 Å². The van der Waals surface area contributed by atoms with E-state index in [-0.39, 0.29) is 10.9 Å². The van der Waals surface area contributed by atoms with Gasteiger partial charge in [-0.1, -0.05) is 0 Å². The van der Waals surface area contributed by atoms with E-state index in [2.05, 4.69) is 20.4 Å². The first kappa shape index (κ1) is 16.0. The minimum Gasteiger partial charge on any atom is -0.338 e. The highest BCUT2D eigenvalue weighted by Gasteiger charge is 2.35. The number of anilines is 1. The molecule has 0 unspecified atom stereocenters. The Balaban J connectivity index is 2.02. The fraction of sp³-hybridized carbons (Fsp3) is 0.400. The van der Waals surface area contributed by atoms with Gasteiger partial charge in [0.15, 0.2) is 5.65 Å². The normalized spacial score (nSPS) is 16.1. The molecule has 1 N–H and O–H groups in total. The molecule has 1 fully saturated rings. The van der Waals surface area contributed by atoms with E-state index in [0.29, 0.717) is 30.5 Å². The second-order valence-electron chi connectivity index (χ2n) is 5.89. The average molecular weight is 354 g/mol. The van der Waals surface area contributed by atoms with Crippen LogP contribution in [0.1, 0.15) is 11.4 Å². The number of nitrogens with zero attached hydrogens (tertiary/aromatic N) is 5. The van der Waals surface area contributed by atoms with Gasteiger partial charge >= 0.3 is 6.18 Å². The molecule has 3 heterocycles. The Bertz CT molecular complexity index is 958. The van der Waals surface area contributed by atoms with Gasteiger partial charge in [0, 0.05) is 31.6 Å². The largest absolute Gasteiger partial charge is 0.419 e. The number of rotatable bonds is 1. The van der Waals surface area contributed by atoms with Gasteiger partial charge in [-0.15, -0.1) is 5.10 Å². The summed E-state index contributed by atoms with van der Waals surface area (Å²) in [6.45, 7) is 4.40. The highest BCUT2D eigenvalue weighted by atomic mass is 19.4. The van der Waals surface area contributed by atoms with E-state index < -0.39 is 17.6 Å². The van der Waals surface area contributed by atoms with Crippen molar-refractivity contribution in [3.05, 3.63) is 29.3 Å². The van der Waals surface area contributed by atoms with Crippen LogP contribution >= 0.6 is 0 Å². The SMILES string of the molecule is Cc1nc2c3cc(F)c(C(F)(F)F)cc3nc(N3CCNCC3)n2n1. The Morgan fingerprint density at radius 3 is 2.52 bits per heavy atom. The maximum atomic E-state index is 14.0. The van der Waals surface area contributed by atoms with Crippen molar-refractivity contribution in [2.75, 3.05) is 31.1 Å². The van der Waals surface area contributed by atoms with Crippen molar-refractivity contribution in [2.45, 2.75) is 13.1 Å². The van der Waals surface area contributed by atoms with E-state index in [4.69, 9.17) is 0 Å². The predicted molar refractivity (Wildman–Crippen MR) is 83.1 cm³/mol. The topological polar surface area (TPSA) is 58.4 Å². The van der Waals surface area contributed by atoms with Crippen LogP contribution < -0.4 is 10.2 Å². The second-order valence-corrected chi connectivity index (χ2v) is 5.89. The molecule has 1 aromatic carbocycles. The van der Waals surface area contributed by atoms with Crippen LogP contribution in [-0.4, -0.2) is 45.8 Å². The Morgan fingerprint density at radius 1 is 1.12 bits per heavy atom. The molecule has 25 heavy (non-hydrogen) atoms. The van der Waals surface area contributed by atoms with Crippen molar-refractivity contribution in [3.8, 4) is 0 Å². The molecule has 132 valence electrons. The molecule has 0 atom stereocenters. The zero-order valence-corrected chi connectivity index (χ0v) is 13.2. The van der Waals surface area contributed by atoms with E-state index in [1.165, 1.54) is 4.52 Å². The first-order valence-corrected chi connectivity index (χ1v) is 7.74. The quantitative estimate of drug-likeness (QED) is 0.679. The van der Waals surface area contributed by atoms with Crippen LogP contribution in [0.15, 0.2) is 12.1 Å². The lowest BCUT2D eigenvalue weighted by Gasteiger charge is -2.28. The average Bonchev–Trinajstić information content (AvgIpc) is 2.95. The van der Waals surface area contributed by atoms with Crippen LogP contribution in [0.5, 0.6) is 0 Å². The van der Waals surface area contributed by atoms with Gasteiger partial charge in [0.1, 0.15) is 11.6 Å². The molecule has 1 aliphatic heterocycles. The van der Waals surface area contributed by atoms with Crippen LogP contribution in [0.25, 0.3) is 16.6 Å². The maximum absolute atomic E-state index is 14.0. The standard InChI is InChI=1S/C15H14F4N6/c1-8-21-13-9-6-11(16)10(15(17,18)19)7-12(9)22-14(25(13)23-8)24-4-2-20-3-5-24/h6-7,20H,2-5H2,1H3. The molecule has 1 aliphatic rings. The van der Waals surface area contributed by atoms with Gasteiger partial charge in [0.25, 0.3) is 0 Å². The summed E-state index contributed by atoms with van der Waals surface area (Å²) in [5, 5.41) is 7.67. The summed E-state index contributed by atoms with van der Waals surface area (Å²) in [6, 6.07) is 1.57. The summed E-state index contributed by atoms with van der Waals surface area (Å²) in [6.07, 6.45) is -4.79. The van der Waals surface area contributed by atoms with Crippen LogP contribution in [0.4, 0.5) is 23.5 Å². The molecule has 0 radical (unpaired) electrons. The van der Waals surface area contributed by atoms with Gasteiger partial charge in [-0.25, -0.2) is 14.4 Å².